The summed E-state index contributed by atoms with van der Waals surface area (Å²) >= 11 is 0. The molecule has 1 aromatic carbocycles. The Morgan fingerprint density at radius 2 is 1.92 bits per heavy atom. The van der Waals surface area contributed by atoms with E-state index in [2.05, 4.69) is 25.9 Å². The molecule has 0 bridgehead atoms. The van der Waals surface area contributed by atoms with Gasteiger partial charge in [-0.15, -0.1) is 0 Å². The van der Waals surface area contributed by atoms with Crippen molar-refractivity contribution < 1.29 is 5.11 Å². The highest BCUT2D eigenvalue weighted by atomic mass is 16.3. The van der Waals surface area contributed by atoms with Gasteiger partial charge in [0.15, 0.2) is 0 Å². The van der Waals surface area contributed by atoms with Gasteiger partial charge in [0.25, 0.3) is 0 Å². The zero-order valence-electron chi connectivity index (χ0n) is 13.7. The molecule has 24 heavy (non-hydrogen) atoms. The normalized spacial score (nSPS) is 17.3. The number of nitrogens with zero attached hydrogens (tertiary/aromatic N) is 5. The second-order valence-electron chi connectivity index (χ2n) is 6.38. The predicted octanol–water partition coefficient (Wildman–Crippen LogP) is 2.31. The van der Waals surface area contributed by atoms with Crippen molar-refractivity contribution in [2.75, 3.05) is 18.0 Å². The molecule has 6 nitrogen and oxygen atoms in total. The zero-order chi connectivity index (χ0) is 16.5. The largest absolute Gasteiger partial charge is 0.385 e. The van der Waals surface area contributed by atoms with Gasteiger partial charge in [0.2, 0.25) is 0 Å². The van der Waals surface area contributed by atoms with Crippen molar-refractivity contribution in [2.45, 2.75) is 18.9 Å². The van der Waals surface area contributed by atoms with Crippen molar-refractivity contribution in [1.29, 1.82) is 0 Å². The molecular formula is C18H21N5O. The van der Waals surface area contributed by atoms with E-state index in [1.165, 1.54) is 0 Å². The van der Waals surface area contributed by atoms with Gasteiger partial charge in [-0.2, -0.15) is 0 Å². The predicted molar refractivity (Wildman–Crippen MR) is 92.6 cm³/mol. The highest BCUT2D eigenvalue weighted by Crippen LogP contribution is 2.32. The quantitative estimate of drug-likeness (QED) is 0.801. The molecule has 1 saturated heterocycles. The lowest BCUT2D eigenvalue weighted by atomic mass is 9.90. The first-order valence-electron chi connectivity index (χ1n) is 8.34. The topological polar surface area (TPSA) is 67.1 Å². The van der Waals surface area contributed by atoms with Gasteiger partial charge in [-0.1, -0.05) is 12.1 Å². The number of aliphatic hydroxyl groups is 1. The van der Waals surface area contributed by atoms with E-state index >= 15 is 0 Å². The van der Waals surface area contributed by atoms with E-state index in [1.807, 2.05) is 36.0 Å². The Balaban J connectivity index is 1.51. The van der Waals surface area contributed by atoms with Gasteiger partial charge < -0.3 is 14.6 Å². The van der Waals surface area contributed by atoms with Crippen LogP contribution in [0.5, 0.6) is 0 Å². The van der Waals surface area contributed by atoms with Crippen molar-refractivity contribution in [3.05, 3.63) is 48.8 Å². The number of benzene rings is 1. The minimum absolute atomic E-state index is 0.232. The second kappa shape index (κ2) is 6.20. The molecule has 1 atom stereocenters. The minimum atomic E-state index is -0.505. The number of aromatic nitrogens is 4. The number of hydrogen-bond donors (Lipinski definition) is 1. The molecular weight excluding hydrogens is 302 g/mol. The van der Waals surface area contributed by atoms with Gasteiger partial charge in [0, 0.05) is 37.9 Å². The molecule has 1 N–H and O–H groups in total. The van der Waals surface area contributed by atoms with Crippen LogP contribution >= 0.6 is 0 Å². The van der Waals surface area contributed by atoms with E-state index < -0.39 is 6.10 Å². The third-order valence-electron chi connectivity index (χ3n) is 4.93. The number of anilines is 1. The Kier molecular flexibility index (Phi) is 3.90. The Morgan fingerprint density at radius 3 is 2.67 bits per heavy atom. The fraction of sp³-hybridized carbons (Fsp3) is 0.389. The van der Waals surface area contributed by atoms with Crippen molar-refractivity contribution >= 4 is 16.7 Å². The molecule has 1 aliphatic heterocycles. The SMILES string of the molecule is Cn1ccnc1C(O)C1CCN(c2ncnc3ccccc23)CC1. The van der Waals surface area contributed by atoms with E-state index in [1.54, 1.807) is 12.5 Å². The first-order valence-corrected chi connectivity index (χ1v) is 8.34. The molecule has 3 aromatic rings. The number of fused-ring (bicyclic) bond motifs is 1. The third kappa shape index (κ3) is 2.63. The van der Waals surface area contributed by atoms with Crippen molar-refractivity contribution in [2.24, 2.45) is 13.0 Å². The maximum absolute atomic E-state index is 10.6. The molecule has 4 rings (SSSR count). The smallest absolute Gasteiger partial charge is 0.139 e. The molecule has 1 fully saturated rings. The fourth-order valence-corrected chi connectivity index (χ4v) is 3.54. The van der Waals surface area contributed by atoms with Crippen LogP contribution < -0.4 is 4.90 Å². The Bertz CT molecular complexity index is 833. The van der Waals surface area contributed by atoms with Gasteiger partial charge in [0.05, 0.1) is 5.52 Å². The van der Waals surface area contributed by atoms with E-state index in [4.69, 9.17) is 0 Å². The average Bonchev–Trinajstić information content (AvgIpc) is 3.07. The Labute approximate surface area is 140 Å². The monoisotopic (exact) mass is 323 g/mol. The summed E-state index contributed by atoms with van der Waals surface area (Å²) in [6.07, 6.45) is 6.58. The lowest BCUT2D eigenvalue weighted by Gasteiger charge is -2.35. The van der Waals surface area contributed by atoms with E-state index in [0.29, 0.717) is 0 Å². The maximum Gasteiger partial charge on any atom is 0.139 e. The van der Waals surface area contributed by atoms with Gasteiger partial charge in [0.1, 0.15) is 24.1 Å². The molecule has 0 amide bonds. The summed E-state index contributed by atoms with van der Waals surface area (Å²) in [5.74, 6) is 1.97. The molecule has 0 saturated carbocycles. The van der Waals surface area contributed by atoms with Crippen LogP contribution in [-0.4, -0.2) is 37.7 Å². The van der Waals surface area contributed by atoms with Crippen LogP contribution in [0.4, 0.5) is 5.82 Å². The maximum atomic E-state index is 10.6. The number of aliphatic hydroxyl groups excluding tert-OH is 1. The third-order valence-corrected chi connectivity index (χ3v) is 4.93. The van der Waals surface area contributed by atoms with Crippen LogP contribution in [0, 0.1) is 5.92 Å². The van der Waals surface area contributed by atoms with Crippen LogP contribution in [0.25, 0.3) is 10.9 Å². The van der Waals surface area contributed by atoms with Crippen molar-refractivity contribution in [3.63, 3.8) is 0 Å². The Morgan fingerprint density at radius 1 is 1.12 bits per heavy atom. The summed E-state index contributed by atoms with van der Waals surface area (Å²) in [5, 5.41) is 11.7. The van der Waals surface area contributed by atoms with Gasteiger partial charge in [-0.3, -0.25) is 0 Å². The number of imidazole rings is 1. The van der Waals surface area contributed by atoms with Crippen LogP contribution in [0.2, 0.25) is 0 Å². The molecule has 6 heteroatoms. The van der Waals surface area contributed by atoms with Crippen LogP contribution in [-0.2, 0) is 7.05 Å². The van der Waals surface area contributed by atoms with Gasteiger partial charge in [-0.25, -0.2) is 15.0 Å². The summed E-state index contributed by atoms with van der Waals surface area (Å²) in [6.45, 7) is 1.76. The lowest BCUT2D eigenvalue weighted by molar-refractivity contribution is 0.0824. The average molecular weight is 323 g/mol. The van der Waals surface area contributed by atoms with Crippen LogP contribution in [0.3, 0.4) is 0 Å². The number of piperidine rings is 1. The number of aryl methyl sites for hydroxylation is 1. The molecule has 2 aromatic heterocycles. The van der Waals surface area contributed by atoms with Crippen LogP contribution in [0.1, 0.15) is 24.8 Å². The molecule has 0 aliphatic carbocycles. The summed E-state index contributed by atoms with van der Waals surface area (Å²) in [4.78, 5) is 15.4. The lowest BCUT2D eigenvalue weighted by Crippen LogP contribution is -2.36. The molecule has 1 aliphatic rings. The van der Waals surface area contributed by atoms with E-state index in [-0.39, 0.29) is 5.92 Å². The van der Waals surface area contributed by atoms with E-state index in [0.717, 1.165) is 48.5 Å². The molecule has 0 radical (unpaired) electrons. The molecule has 1 unspecified atom stereocenters. The zero-order valence-corrected chi connectivity index (χ0v) is 13.7. The van der Waals surface area contributed by atoms with Crippen molar-refractivity contribution in [1.82, 2.24) is 19.5 Å². The highest BCUT2D eigenvalue weighted by molar-refractivity contribution is 5.89. The van der Waals surface area contributed by atoms with Gasteiger partial charge in [-0.05, 0) is 30.9 Å². The van der Waals surface area contributed by atoms with Crippen LogP contribution in [0.15, 0.2) is 43.0 Å². The summed E-state index contributed by atoms with van der Waals surface area (Å²) in [7, 11) is 1.92. The molecule has 124 valence electrons. The van der Waals surface area contributed by atoms with Gasteiger partial charge >= 0.3 is 0 Å². The molecule has 0 spiro atoms. The molecule has 3 heterocycles. The first-order chi connectivity index (χ1) is 11.7. The summed E-state index contributed by atoms with van der Waals surface area (Å²) in [5.41, 5.74) is 0.970. The standard InChI is InChI=1S/C18H21N5O/c1-22-11-8-19-18(22)16(24)13-6-9-23(10-7-13)17-14-4-2-3-5-15(14)20-12-21-17/h2-5,8,11-13,16,24H,6-7,9-10H2,1H3. The highest BCUT2D eigenvalue weighted by Gasteiger charge is 2.29. The summed E-state index contributed by atoms with van der Waals surface area (Å²) < 4.78 is 1.90. The number of hydrogen-bond acceptors (Lipinski definition) is 5. The Hall–Kier alpha value is -2.47. The second-order valence-corrected chi connectivity index (χ2v) is 6.38. The number of para-hydroxylation sites is 1. The number of rotatable bonds is 3. The fourth-order valence-electron chi connectivity index (χ4n) is 3.54. The summed E-state index contributed by atoms with van der Waals surface area (Å²) in [6, 6.07) is 8.10. The first kappa shape index (κ1) is 15.1. The minimum Gasteiger partial charge on any atom is -0.385 e. The van der Waals surface area contributed by atoms with Crippen molar-refractivity contribution in [3.8, 4) is 0 Å². The van der Waals surface area contributed by atoms with E-state index in [9.17, 15) is 5.11 Å².